The third-order valence-electron chi connectivity index (χ3n) is 7.71. The van der Waals surface area contributed by atoms with Gasteiger partial charge in [0.2, 0.25) is 15.9 Å². The molecule has 4 rings (SSSR count). The molecule has 1 amide bonds. The van der Waals surface area contributed by atoms with Gasteiger partial charge in [0.05, 0.1) is 17.5 Å². The van der Waals surface area contributed by atoms with Gasteiger partial charge < -0.3 is 20.1 Å². The Morgan fingerprint density at radius 2 is 1.89 bits per heavy atom. The Hall–Kier alpha value is -2.14. The van der Waals surface area contributed by atoms with Gasteiger partial charge in [0.25, 0.3) is 0 Å². The van der Waals surface area contributed by atoms with E-state index in [2.05, 4.69) is 28.7 Å². The van der Waals surface area contributed by atoms with E-state index in [0.717, 1.165) is 38.6 Å². The van der Waals surface area contributed by atoms with Crippen LogP contribution in [0.25, 0.3) is 0 Å². The van der Waals surface area contributed by atoms with Crippen LogP contribution in [0, 0.1) is 5.92 Å². The maximum Gasteiger partial charge on any atom is 0.246 e. The third-order valence-corrected chi connectivity index (χ3v) is 9.61. The molecule has 9 nitrogen and oxygen atoms in total. The number of ether oxygens (including phenoxy) is 1. The molecule has 0 saturated carbocycles. The van der Waals surface area contributed by atoms with E-state index < -0.39 is 16.2 Å². The van der Waals surface area contributed by atoms with Crippen molar-refractivity contribution in [1.82, 2.24) is 19.8 Å². The van der Waals surface area contributed by atoms with E-state index >= 15 is 0 Å². The molecule has 10 heteroatoms. The van der Waals surface area contributed by atoms with E-state index in [0.29, 0.717) is 43.3 Å². The SMILES string of the molecule is CCCOc1ccc(S(=O)(=O)N2CCC(CCO)CC2)cc1C1NC(=O)C2C(N1)C(CCC)=CN2CC. The summed E-state index contributed by atoms with van der Waals surface area (Å²) in [6.07, 6.45) is 6.42. The number of rotatable bonds is 11. The van der Waals surface area contributed by atoms with Crippen LogP contribution in [0.15, 0.2) is 34.9 Å². The molecule has 2 saturated heterocycles. The number of fused-ring (bicyclic) bond motifs is 1. The number of sulfonamides is 1. The quantitative estimate of drug-likeness (QED) is 0.400. The molecule has 3 atom stereocenters. The first-order chi connectivity index (χ1) is 17.8. The van der Waals surface area contributed by atoms with Crippen LogP contribution in [0.1, 0.15) is 71.0 Å². The molecule has 3 N–H and O–H groups in total. The Balaban J connectivity index is 1.63. The highest BCUT2D eigenvalue weighted by Crippen LogP contribution is 2.35. The standard InChI is InChI=1S/C27H42N4O5S/c1-4-7-20-18-30(6-3)25-24(20)28-26(29-27(25)33)22-17-21(8-9-23(22)36-16-5-2)37(34,35)31-13-10-19(11-14-31)12-15-32/h8-9,17-19,24-26,28,32H,4-7,10-16H2,1-3H3,(H,29,33). The van der Waals surface area contributed by atoms with Crippen molar-refractivity contribution in [3.05, 3.63) is 35.5 Å². The lowest BCUT2D eigenvalue weighted by Gasteiger charge is -2.39. The third kappa shape index (κ3) is 5.82. The van der Waals surface area contributed by atoms with Crippen molar-refractivity contribution in [2.24, 2.45) is 5.92 Å². The predicted molar refractivity (Wildman–Crippen MR) is 142 cm³/mol. The van der Waals surface area contributed by atoms with Crippen molar-refractivity contribution in [1.29, 1.82) is 0 Å². The summed E-state index contributed by atoms with van der Waals surface area (Å²) in [5.74, 6) is 0.856. The van der Waals surface area contributed by atoms with Crippen LogP contribution in [0.5, 0.6) is 5.75 Å². The highest BCUT2D eigenvalue weighted by molar-refractivity contribution is 7.89. The molecular formula is C27H42N4O5S. The number of aliphatic hydroxyl groups is 1. The Morgan fingerprint density at radius 3 is 2.54 bits per heavy atom. The fourth-order valence-corrected chi connectivity index (χ4v) is 7.21. The van der Waals surface area contributed by atoms with Crippen LogP contribution in [0.4, 0.5) is 0 Å². The fourth-order valence-electron chi connectivity index (χ4n) is 5.71. The second kappa shape index (κ2) is 12.1. The summed E-state index contributed by atoms with van der Waals surface area (Å²) in [6.45, 7) is 8.43. The lowest BCUT2D eigenvalue weighted by atomic mass is 9.95. The first-order valence-corrected chi connectivity index (χ1v) is 15.2. The maximum absolute atomic E-state index is 13.6. The molecule has 3 heterocycles. The van der Waals surface area contributed by atoms with Gasteiger partial charge >= 0.3 is 0 Å². The van der Waals surface area contributed by atoms with Gasteiger partial charge in [-0.05, 0) is 68.7 Å². The Kier molecular flexibility index (Phi) is 9.15. The summed E-state index contributed by atoms with van der Waals surface area (Å²) in [5, 5.41) is 15.9. The number of nitrogens with zero attached hydrogens (tertiary/aromatic N) is 2. The van der Waals surface area contributed by atoms with E-state index in [-0.39, 0.29) is 29.5 Å². The van der Waals surface area contributed by atoms with Crippen molar-refractivity contribution < 1.29 is 23.1 Å². The van der Waals surface area contributed by atoms with Crippen molar-refractivity contribution >= 4 is 15.9 Å². The van der Waals surface area contributed by atoms with Crippen LogP contribution in [-0.2, 0) is 14.8 Å². The lowest BCUT2D eigenvalue weighted by Crippen LogP contribution is -2.62. The molecule has 206 valence electrons. The van der Waals surface area contributed by atoms with Gasteiger partial charge in [-0.3, -0.25) is 10.1 Å². The molecule has 1 aromatic carbocycles. The minimum atomic E-state index is -3.71. The summed E-state index contributed by atoms with van der Waals surface area (Å²) in [5.41, 5.74) is 1.82. The maximum atomic E-state index is 13.6. The summed E-state index contributed by atoms with van der Waals surface area (Å²) < 4.78 is 34.7. The second-order valence-electron chi connectivity index (χ2n) is 10.2. The second-order valence-corrected chi connectivity index (χ2v) is 12.2. The number of carbonyl (C=O) groups is 1. The van der Waals surface area contributed by atoms with Gasteiger partial charge in [0.15, 0.2) is 0 Å². The van der Waals surface area contributed by atoms with Gasteiger partial charge in [0, 0.05) is 38.0 Å². The number of piperidine rings is 1. The molecule has 3 aliphatic heterocycles. The number of nitrogens with one attached hydrogen (secondary N) is 2. The molecule has 0 aromatic heterocycles. The zero-order valence-corrected chi connectivity index (χ0v) is 23.1. The molecule has 0 radical (unpaired) electrons. The number of hydrogen-bond acceptors (Lipinski definition) is 7. The highest BCUT2D eigenvalue weighted by atomic mass is 32.2. The minimum absolute atomic E-state index is 0.0707. The Bertz CT molecular complexity index is 1080. The van der Waals surface area contributed by atoms with Crippen molar-refractivity contribution in [3.8, 4) is 5.75 Å². The van der Waals surface area contributed by atoms with E-state index in [1.165, 1.54) is 9.88 Å². The van der Waals surface area contributed by atoms with Gasteiger partial charge in [-0.1, -0.05) is 20.3 Å². The van der Waals surface area contributed by atoms with Gasteiger partial charge in [-0.2, -0.15) is 4.31 Å². The molecule has 3 unspecified atom stereocenters. The number of hydrogen-bond donors (Lipinski definition) is 3. The van der Waals surface area contributed by atoms with Gasteiger partial charge in [-0.25, -0.2) is 8.42 Å². The molecule has 3 aliphatic rings. The summed E-state index contributed by atoms with van der Waals surface area (Å²) in [4.78, 5) is 15.6. The smallest absolute Gasteiger partial charge is 0.246 e. The van der Waals surface area contributed by atoms with Crippen LogP contribution >= 0.6 is 0 Å². The van der Waals surface area contributed by atoms with Crippen molar-refractivity contribution in [3.63, 3.8) is 0 Å². The number of carbonyl (C=O) groups excluding carboxylic acids is 1. The van der Waals surface area contributed by atoms with Gasteiger partial charge in [0.1, 0.15) is 18.0 Å². The summed E-state index contributed by atoms with van der Waals surface area (Å²) in [6, 6.07) is 4.53. The lowest BCUT2D eigenvalue weighted by molar-refractivity contribution is -0.129. The zero-order chi connectivity index (χ0) is 26.6. The van der Waals surface area contributed by atoms with Gasteiger partial charge in [-0.15, -0.1) is 0 Å². The number of likely N-dealkylation sites (N-methyl/N-ethyl adjacent to an activating group) is 1. The molecule has 0 bridgehead atoms. The molecular weight excluding hydrogens is 492 g/mol. The predicted octanol–water partition coefficient (Wildman–Crippen LogP) is 2.73. The largest absolute Gasteiger partial charge is 0.493 e. The van der Waals surface area contributed by atoms with Crippen LogP contribution < -0.4 is 15.4 Å². The van der Waals surface area contributed by atoms with Crippen LogP contribution in [0.3, 0.4) is 0 Å². The highest BCUT2D eigenvalue weighted by Gasteiger charge is 2.45. The van der Waals surface area contributed by atoms with E-state index in [9.17, 15) is 18.3 Å². The Morgan fingerprint density at radius 1 is 1.14 bits per heavy atom. The summed E-state index contributed by atoms with van der Waals surface area (Å²) >= 11 is 0. The molecule has 0 aliphatic carbocycles. The van der Waals surface area contributed by atoms with Crippen LogP contribution in [-0.4, -0.2) is 73.6 Å². The average molecular weight is 535 g/mol. The molecule has 37 heavy (non-hydrogen) atoms. The van der Waals surface area contributed by atoms with Crippen molar-refractivity contribution in [2.75, 3.05) is 32.8 Å². The molecule has 0 spiro atoms. The van der Waals surface area contributed by atoms with E-state index in [1.807, 2.05) is 13.8 Å². The van der Waals surface area contributed by atoms with Crippen molar-refractivity contribution in [2.45, 2.75) is 82.4 Å². The zero-order valence-electron chi connectivity index (χ0n) is 22.3. The Labute approximate surface area is 221 Å². The van der Waals surface area contributed by atoms with E-state index in [1.54, 1.807) is 18.2 Å². The number of benzene rings is 1. The average Bonchev–Trinajstić information content (AvgIpc) is 3.26. The normalized spacial score (nSPS) is 25.1. The molecule has 2 fully saturated rings. The summed E-state index contributed by atoms with van der Waals surface area (Å²) in [7, 11) is -3.71. The van der Waals surface area contributed by atoms with E-state index in [4.69, 9.17) is 4.74 Å². The van der Waals surface area contributed by atoms with Crippen LogP contribution in [0.2, 0.25) is 0 Å². The topological polar surface area (TPSA) is 111 Å². The number of aliphatic hydroxyl groups excluding tert-OH is 1. The monoisotopic (exact) mass is 534 g/mol. The number of amides is 1. The fraction of sp³-hybridized carbons (Fsp3) is 0.667. The minimum Gasteiger partial charge on any atom is -0.493 e. The first kappa shape index (κ1) is 27.9. The first-order valence-electron chi connectivity index (χ1n) is 13.7. The molecule has 1 aromatic rings.